The number of aliphatic hydroxyl groups excluding tert-OH is 2. The minimum atomic E-state index is -1.36. The molecule has 7 nitrogen and oxygen atoms in total. The standard InChI is InChI=1S/C10H19NO6/c1-6(13)11-7(4-12)9(15)10(17-3)8(14)5-16-2/h4,7-10,14-15H,5H2,1-3H3,(H,11,13)/t7-,8-,9-,10-/m1/s1. The topological polar surface area (TPSA) is 105 Å². The molecule has 0 fully saturated rings. The molecule has 0 aliphatic carbocycles. The zero-order valence-corrected chi connectivity index (χ0v) is 10.1. The summed E-state index contributed by atoms with van der Waals surface area (Å²) in [6.45, 7) is 1.16. The van der Waals surface area contributed by atoms with Crippen molar-refractivity contribution in [3.05, 3.63) is 0 Å². The van der Waals surface area contributed by atoms with E-state index in [1.54, 1.807) is 0 Å². The van der Waals surface area contributed by atoms with Crippen molar-refractivity contribution in [1.29, 1.82) is 0 Å². The Bertz CT molecular complexity index is 247. The molecule has 0 spiro atoms. The third-order valence-corrected chi connectivity index (χ3v) is 2.21. The molecule has 0 saturated carbocycles. The lowest BCUT2D eigenvalue weighted by Crippen LogP contribution is -2.53. The first-order valence-electron chi connectivity index (χ1n) is 5.08. The Morgan fingerprint density at radius 3 is 2.35 bits per heavy atom. The van der Waals surface area contributed by atoms with E-state index in [2.05, 4.69) is 5.32 Å². The SMILES string of the molecule is COC[C@@H](O)[C@@H](OC)[C@H](O)[C@@H](C=O)NC(C)=O. The summed E-state index contributed by atoms with van der Waals surface area (Å²) >= 11 is 0. The smallest absolute Gasteiger partial charge is 0.217 e. The first-order valence-corrected chi connectivity index (χ1v) is 5.08. The molecule has 0 aromatic carbocycles. The fraction of sp³-hybridized carbons (Fsp3) is 0.800. The normalized spacial score (nSPS) is 17.9. The van der Waals surface area contributed by atoms with Crippen molar-refractivity contribution in [2.75, 3.05) is 20.8 Å². The van der Waals surface area contributed by atoms with Gasteiger partial charge in [0.15, 0.2) is 0 Å². The van der Waals surface area contributed by atoms with Crippen molar-refractivity contribution in [3.63, 3.8) is 0 Å². The predicted octanol–water partition coefficient (Wildman–Crippen LogP) is -1.93. The van der Waals surface area contributed by atoms with Gasteiger partial charge >= 0.3 is 0 Å². The van der Waals surface area contributed by atoms with E-state index in [0.29, 0.717) is 6.29 Å². The Balaban J connectivity index is 4.62. The second-order valence-electron chi connectivity index (χ2n) is 3.58. The highest BCUT2D eigenvalue weighted by Crippen LogP contribution is 2.08. The van der Waals surface area contributed by atoms with E-state index in [9.17, 15) is 19.8 Å². The molecule has 1 amide bonds. The maximum Gasteiger partial charge on any atom is 0.217 e. The number of hydrogen-bond donors (Lipinski definition) is 3. The predicted molar refractivity (Wildman–Crippen MR) is 58.4 cm³/mol. The molecule has 0 bridgehead atoms. The van der Waals surface area contributed by atoms with Gasteiger partial charge in [0.1, 0.15) is 30.6 Å². The summed E-state index contributed by atoms with van der Waals surface area (Å²) in [7, 11) is 2.66. The van der Waals surface area contributed by atoms with Gasteiger partial charge in [0, 0.05) is 21.1 Å². The molecule has 0 radical (unpaired) electrons. The Morgan fingerprint density at radius 2 is 2.00 bits per heavy atom. The van der Waals surface area contributed by atoms with Crippen LogP contribution in [0.25, 0.3) is 0 Å². The van der Waals surface area contributed by atoms with Gasteiger partial charge in [0.2, 0.25) is 5.91 Å². The molecular weight excluding hydrogens is 230 g/mol. The van der Waals surface area contributed by atoms with Gasteiger partial charge < -0.3 is 29.8 Å². The van der Waals surface area contributed by atoms with Crippen molar-refractivity contribution in [3.8, 4) is 0 Å². The Morgan fingerprint density at radius 1 is 1.41 bits per heavy atom. The molecule has 0 aromatic rings. The zero-order valence-electron chi connectivity index (χ0n) is 10.1. The number of aliphatic hydroxyl groups is 2. The van der Waals surface area contributed by atoms with Gasteiger partial charge in [-0.25, -0.2) is 0 Å². The van der Waals surface area contributed by atoms with Crippen LogP contribution in [0.1, 0.15) is 6.92 Å². The minimum absolute atomic E-state index is 0.0543. The number of amides is 1. The van der Waals surface area contributed by atoms with Gasteiger partial charge in [-0.2, -0.15) is 0 Å². The van der Waals surface area contributed by atoms with E-state index in [0.717, 1.165) is 0 Å². The quantitative estimate of drug-likeness (QED) is 0.433. The highest BCUT2D eigenvalue weighted by molar-refractivity contribution is 5.77. The maximum atomic E-state index is 10.8. The molecule has 0 saturated heterocycles. The van der Waals surface area contributed by atoms with Gasteiger partial charge in [-0.05, 0) is 0 Å². The number of ether oxygens (including phenoxy) is 2. The molecule has 7 heteroatoms. The van der Waals surface area contributed by atoms with E-state index in [-0.39, 0.29) is 6.61 Å². The van der Waals surface area contributed by atoms with Crippen LogP contribution in [0.5, 0.6) is 0 Å². The van der Waals surface area contributed by atoms with Gasteiger partial charge in [-0.3, -0.25) is 4.79 Å². The third-order valence-electron chi connectivity index (χ3n) is 2.21. The minimum Gasteiger partial charge on any atom is -0.388 e. The summed E-state index contributed by atoms with van der Waals surface area (Å²) < 4.78 is 9.61. The molecule has 17 heavy (non-hydrogen) atoms. The van der Waals surface area contributed by atoms with Crippen LogP contribution in [0, 0.1) is 0 Å². The fourth-order valence-corrected chi connectivity index (χ4v) is 1.43. The molecule has 100 valence electrons. The van der Waals surface area contributed by atoms with E-state index >= 15 is 0 Å². The lowest BCUT2D eigenvalue weighted by atomic mass is 10.0. The van der Waals surface area contributed by atoms with Crippen LogP contribution in [0.3, 0.4) is 0 Å². The number of rotatable bonds is 8. The molecule has 0 aliphatic heterocycles. The first kappa shape index (κ1) is 16.0. The van der Waals surface area contributed by atoms with Gasteiger partial charge in [-0.1, -0.05) is 0 Å². The molecule has 0 heterocycles. The Labute approximate surface area is 99.7 Å². The van der Waals surface area contributed by atoms with E-state index in [1.807, 2.05) is 0 Å². The zero-order chi connectivity index (χ0) is 13.4. The van der Waals surface area contributed by atoms with Crippen molar-refractivity contribution >= 4 is 12.2 Å². The summed E-state index contributed by atoms with van der Waals surface area (Å²) in [5.41, 5.74) is 0. The van der Waals surface area contributed by atoms with Crippen LogP contribution in [0.4, 0.5) is 0 Å². The first-order chi connectivity index (χ1) is 7.97. The van der Waals surface area contributed by atoms with E-state index in [4.69, 9.17) is 9.47 Å². The highest BCUT2D eigenvalue weighted by atomic mass is 16.5. The van der Waals surface area contributed by atoms with Gasteiger partial charge in [-0.15, -0.1) is 0 Å². The molecule has 3 N–H and O–H groups in total. The second-order valence-corrected chi connectivity index (χ2v) is 3.58. The fourth-order valence-electron chi connectivity index (χ4n) is 1.43. The number of carbonyl (C=O) groups is 2. The van der Waals surface area contributed by atoms with Crippen LogP contribution in [0.15, 0.2) is 0 Å². The van der Waals surface area contributed by atoms with Crippen LogP contribution in [-0.4, -0.2) is 67.6 Å². The van der Waals surface area contributed by atoms with Crippen LogP contribution < -0.4 is 5.32 Å². The lowest BCUT2D eigenvalue weighted by Gasteiger charge is -2.29. The van der Waals surface area contributed by atoms with E-state index < -0.39 is 30.3 Å². The summed E-state index contributed by atoms with van der Waals surface area (Å²) in [6.07, 6.45) is -3.10. The molecule has 0 aliphatic rings. The van der Waals surface area contributed by atoms with Crippen molar-refractivity contribution in [1.82, 2.24) is 5.32 Å². The van der Waals surface area contributed by atoms with Crippen molar-refractivity contribution in [2.45, 2.75) is 31.3 Å². The number of nitrogens with one attached hydrogen (secondary N) is 1. The Kier molecular flexibility index (Phi) is 7.64. The van der Waals surface area contributed by atoms with Crippen LogP contribution in [-0.2, 0) is 19.1 Å². The number of carbonyl (C=O) groups excluding carboxylic acids is 2. The second kappa shape index (κ2) is 8.13. The summed E-state index contributed by atoms with van der Waals surface area (Å²) in [6, 6.07) is -1.14. The van der Waals surface area contributed by atoms with E-state index in [1.165, 1.54) is 21.1 Å². The van der Waals surface area contributed by atoms with Gasteiger partial charge in [0.25, 0.3) is 0 Å². The van der Waals surface area contributed by atoms with Crippen LogP contribution >= 0.6 is 0 Å². The summed E-state index contributed by atoms with van der Waals surface area (Å²) in [4.78, 5) is 21.6. The van der Waals surface area contributed by atoms with Crippen LogP contribution in [0.2, 0.25) is 0 Å². The number of aldehydes is 1. The lowest BCUT2D eigenvalue weighted by molar-refractivity contribution is -0.133. The third kappa shape index (κ3) is 5.22. The van der Waals surface area contributed by atoms with Crippen molar-refractivity contribution in [2.24, 2.45) is 0 Å². The molecular formula is C10H19NO6. The largest absolute Gasteiger partial charge is 0.388 e. The average Bonchev–Trinajstić information content (AvgIpc) is 2.26. The molecule has 0 unspecified atom stereocenters. The number of hydrogen-bond acceptors (Lipinski definition) is 6. The molecule has 0 aromatic heterocycles. The van der Waals surface area contributed by atoms with Gasteiger partial charge in [0.05, 0.1) is 6.61 Å². The highest BCUT2D eigenvalue weighted by Gasteiger charge is 2.33. The summed E-state index contributed by atoms with van der Waals surface area (Å²) in [5, 5.41) is 21.7. The average molecular weight is 249 g/mol. The maximum absolute atomic E-state index is 10.8. The molecule has 4 atom stereocenters. The molecule has 0 rings (SSSR count). The number of methoxy groups -OCH3 is 2. The Hall–Kier alpha value is -1.02. The monoisotopic (exact) mass is 249 g/mol. The summed E-state index contributed by atoms with van der Waals surface area (Å²) in [5.74, 6) is -0.461. The van der Waals surface area contributed by atoms with Crippen molar-refractivity contribution < 1.29 is 29.3 Å².